The number of nitrogens with one attached hydrogen (secondary N) is 1. The summed E-state index contributed by atoms with van der Waals surface area (Å²) in [5.74, 6) is -1.02. The number of hydrogen-bond acceptors (Lipinski definition) is 4. The minimum atomic E-state index is -0.517. The average molecular weight is 415 g/mol. The van der Waals surface area contributed by atoms with Crippen molar-refractivity contribution < 1.29 is 8.78 Å². The normalized spacial score (nSPS) is 11.0. The second-order valence-electron chi connectivity index (χ2n) is 6.78. The molecule has 3 aromatic heterocycles. The molecule has 5 aromatic rings. The van der Waals surface area contributed by atoms with Gasteiger partial charge in [0.15, 0.2) is 0 Å². The van der Waals surface area contributed by atoms with Gasteiger partial charge in [0.2, 0.25) is 0 Å². The van der Waals surface area contributed by atoms with Crippen LogP contribution in [0.2, 0.25) is 0 Å². The molecule has 0 saturated heterocycles. The van der Waals surface area contributed by atoms with Gasteiger partial charge in [-0.25, -0.2) is 8.78 Å². The van der Waals surface area contributed by atoms with E-state index in [1.807, 2.05) is 17.5 Å². The lowest BCUT2D eigenvalue weighted by Gasteiger charge is -2.11. The summed E-state index contributed by atoms with van der Waals surface area (Å²) in [5.41, 5.74) is 5.22. The van der Waals surface area contributed by atoms with Crippen LogP contribution in [0.5, 0.6) is 0 Å². The zero-order valence-corrected chi connectivity index (χ0v) is 16.5. The smallest absolute Gasteiger partial charge is 0.132 e. The molecule has 0 atom stereocenters. The number of aromatic nitrogens is 2. The van der Waals surface area contributed by atoms with Crippen LogP contribution >= 0.6 is 11.3 Å². The number of anilines is 2. The third-order valence-electron chi connectivity index (χ3n) is 4.84. The van der Waals surface area contributed by atoms with Crippen LogP contribution in [0.3, 0.4) is 0 Å². The molecule has 0 fully saturated rings. The number of thiophene rings is 1. The number of halogens is 2. The minimum absolute atomic E-state index is 0.124. The Morgan fingerprint density at radius 1 is 0.800 bits per heavy atom. The van der Waals surface area contributed by atoms with Crippen molar-refractivity contribution >= 4 is 33.6 Å². The van der Waals surface area contributed by atoms with E-state index in [1.54, 1.807) is 35.9 Å². The summed E-state index contributed by atoms with van der Waals surface area (Å²) in [6, 6.07) is 17.0. The van der Waals surface area contributed by atoms with Crippen molar-refractivity contribution in [1.82, 2.24) is 9.97 Å². The van der Waals surface area contributed by atoms with Crippen LogP contribution < -0.4 is 5.32 Å². The molecular weight excluding hydrogens is 400 g/mol. The number of pyridine rings is 2. The highest BCUT2D eigenvalue weighted by molar-refractivity contribution is 7.08. The predicted octanol–water partition coefficient (Wildman–Crippen LogP) is 7.05. The Balaban J connectivity index is 1.51. The first-order chi connectivity index (χ1) is 14.7. The largest absolute Gasteiger partial charge is 0.355 e. The molecule has 30 heavy (non-hydrogen) atoms. The van der Waals surface area contributed by atoms with Crippen molar-refractivity contribution in [2.24, 2.45) is 0 Å². The van der Waals surface area contributed by atoms with Crippen molar-refractivity contribution in [2.75, 3.05) is 5.32 Å². The first-order valence-electron chi connectivity index (χ1n) is 9.27. The lowest BCUT2D eigenvalue weighted by molar-refractivity contribution is 0.602. The van der Waals surface area contributed by atoms with Gasteiger partial charge in [-0.15, -0.1) is 0 Å². The first-order valence-corrected chi connectivity index (χ1v) is 10.2. The quantitative estimate of drug-likeness (QED) is 0.342. The van der Waals surface area contributed by atoms with E-state index >= 15 is 0 Å². The van der Waals surface area contributed by atoms with Gasteiger partial charge >= 0.3 is 0 Å². The number of hydrogen-bond donors (Lipinski definition) is 1. The molecule has 0 aliphatic carbocycles. The molecule has 0 saturated carbocycles. The van der Waals surface area contributed by atoms with Gasteiger partial charge in [-0.05, 0) is 70.4 Å². The highest BCUT2D eigenvalue weighted by Gasteiger charge is 2.10. The van der Waals surface area contributed by atoms with Crippen molar-refractivity contribution in [2.45, 2.75) is 0 Å². The summed E-state index contributed by atoms with van der Waals surface area (Å²) in [7, 11) is 0. The summed E-state index contributed by atoms with van der Waals surface area (Å²) in [6.07, 6.45) is 3.32. The van der Waals surface area contributed by atoms with Crippen molar-refractivity contribution in [3.8, 4) is 22.4 Å². The highest BCUT2D eigenvalue weighted by atomic mass is 32.1. The summed E-state index contributed by atoms with van der Waals surface area (Å²) in [5, 5.41) is 8.47. The Labute approximate surface area is 175 Å². The van der Waals surface area contributed by atoms with E-state index in [2.05, 4.69) is 38.9 Å². The standard InChI is InChI=1S/C24H15F2N3S/c25-17-2-4-21(26)20(12-17)24-13-18(5-8-27-24)29-22-6-9-28-23-11-15(1-3-19(22)23)16-7-10-30-14-16/h1-14H,(H,27,28,29). The van der Waals surface area contributed by atoms with Gasteiger partial charge in [0.25, 0.3) is 0 Å². The molecule has 3 heterocycles. The van der Waals surface area contributed by atoms with Gasteiger partial charge in [-0.1, -0.05) is 12.1 Å². The fourth-order valence-corrected chi connectivity index (χ4v) is 4.04. The van der Waals surface area contributed by atoms with Crippen LogP contribution in [0, 0.1) is 11.6 Å². The molecule has 6 heteroatoms. The van der Waals surface area contributed by atoms with Gasteiger partial charge in [0, 0.05) is 34.7 Å². The molecule has 1 N–H and O–H groups in total. The van der Waals surface area contributed by atoms with E-state index in [-0.39, 0.29) is 5.56 Å². The van der Waals surface area contributed by atoms with Crippen molar-refractivity contribution in [3.63, 3.8) is 0 Å². The first kappa shape index (κ1) is 18.4. The van der Waals surface area contributed by atoms with E-state index in [0.29, 0.717) is 5.69 Å². The zero-order valence-electron chi connectivity index (χ0n) is 15.6. The summed E-state index contributed by atoms with van der Waals surface area (Å²) >= 11 is 1.66. The molecule has 5 rings (SSSR count). The van der Waals surface area contributed by atoms with Gasteiger partial charge in [-0.3, -0.25) is 9.97 Å². The Hall–Kier alpha value is -3.64. The van der Waals surface area contributed by atoms with E-state index in [1.165, 1.54) is 0 Å². The summed E-state index contributed by atoms with van der Waals surface area (Å²) < 4.78 is 27.7. The molecule has 2 aromatic carbocycles. The third-order valence-corrected chi connectivity index (χ3v) is 5.52. The summed E-state index contributed by atoms with van der Waals surface area (Å²) in [4.78, 5) is 8.70. The van der Waals surface area contributed by atoms with Crippen molar-refractivity contribution in [3.05, 3.63) is 95.5 Å². The number of fused-ring (bicyclic) bond motifs is 1. The van der Waals surface area contributed by atoms with E-state index in [4.69, 9.17) is 0 Å². The van der Waals surface area contributed by atoms with Gasteiger partial charge in [-0.2, -0.15) is 11.3 Å². The number of rotatable bonds is 4. The maximum atomic E-state index is 14.1. The lowest BCUT2D eigenvalue weighted by Crippen LogP contribution is -1.95. The average Bonchev–Trinajstić information content (AvgIpc) is 3.30. The van der Waals surface area contributed by atoms with Crippen LogP contribution in [0.15, 0.2) is 83.8 Å². The maximum Gasteiger partial charge on any atom is 0.132 e. The Bertz CT molecular complexity index is 1350. The molecule has 0 spiro atoms. The predicted molar refractivity (Wildman–Crippen MR) is 118 cm³/mol. The number of benzene rings is 2. The minimum Gasteiger partial charge on any atom is -0.355 e. The Kier molecular flexibility index (Phi) is 4.69. The van der Waals surface area contributed by atoms with Crippen LogP contribution in [-0.4, -0.2) is 9.97 Å². The third kappa shape index (κ3) is 3.53. The molecule has 3 nitrogen and oxygen atoms in total. The zero-order chi connectivity index (χ0) is 20.5. The molecular formula is C24H15F2N3S. The topological polar surface area (TPSA) is 37.8 Å². The highest BCUT2D eigenvalue weighted by Crippen LogP contribution is 2.31. The molecule has 0 radical (unpaired) electrons. The molecule has 0 aliphatic rings. The van der Waals surface area contributed by atoms with Gasteiger partial charge < -0.3 is 5.32 Å². The lowest BCUT2D eigenvalue weighted by atomic mass is 10.1. The molecule has 0 bridgehead atoms. The maximum absolute atomic E-state index is 14.1. The molecule has 146 valence electrons. The second kappa shape index (κ2) is 7.65. The van der Waals surface area contributed by atoms with Crippen molar-refractivity contribution in [1.29, 1.82) is 0 Å². The SMILES string of the molecule is Fc1ccc(F)c(-c2cc(Nc3ccnc4cc(-c5ccsc5)ccc34)ccn2)c1. The number of nitrogens with zero attached hydrogens (tertiary/aromatic N) is 2. The van der Waals surface area contributed by atoms with Crippen LogP contribution in [0.25, 0.3) is 33.3 Å². The van der Waals surface area contributed by atoms with Crippen LogP contribution in [0.1, 0.15) is 0 Å². The van der Waals surface area contributed by atoms with Gasteiger partial charge in [0.05, 0.1) is 11.2 Å². The fraction of sp³-hybridized carbons (Fsp3) is 0. The fourth-order valence-electron chi connectivity index (χ4n) is 3.37. The Morgan fingerprint density at radius 3 is 2.57 bits per heavy atom. The Morgan fingerprint density at radius 2 is 1.70 bits per heavy atom. The van der Waals surface area contributed by atoms with Crippen LogP contribution in [0.4, 0.5) is 20.2 Å². The summed E-state index contributed by atoms with van der Waals surface area (Å²) in [6.45, 7) is 0. The molecule has 0 aliphatic heterocycles. The van der Waals surface area contributed by atoms with Gasteiger partial charge in [0.1, 0.15) is 11.6 Å². The second-order valence-corrected chi connectivity index (χ2v) is 7.56. The van der Waals surface area contributed by atoms with Crippen LogP contribution in [-0.2, 0) is 0 Å². The van der Waals surface area contributed by atoms with E-state index in [9.17, 15) is 8.78 Å². The molecule has 0 amide bonds. The molecule has 0 unspecified atom stereocenters. The monoisotopic (exact) mass is 415 g/mol. The van der Waals surface area contributed by atoms with E-state index < -0.39 is 11.6 Å². The van der Waals surface area contributed by atoms with E-state index in [0.717, 1.165) is 51.6 Å².